The first kappa shape index (κ1) is 12.7. The zero-order valence-corrected chi connectivity index (χ0v) is 12.0. The predicted molar refractivity (Wildman–Crippen MR) is 80.8 cm³/mol. The van der Waals surface area contributed by atoms with E-state index >= 15 is 0 Å². The number of thiazole rings is 1. The molecule has 1 N–H and O–H groups in total. The van der Waals surface area contributed by atoms with Crippen molar-refractivity contribution in [2.75, 3.05) is 0 Å². The first-order valence-electron chi connectivity index (χ1n) is 6.04. The van der Waals surface area contributed by atoms with Gasteiger partial charge in [-0.25, -0.2) is 4.98 Å². The van der Waals surface area contributed by atoms with Gasteiger partial charge in [0.05, 0.1) is 16.3 Å². The van der Waals surface area contributed by atoms with Crippen LogP contribution in [0.15, 0.2) is 57.8 Å². The second-order valence-electron chi connectivity index (χ2n) is 4.29. The third-order valence-electron chi connectivity index (χ3n) is 2.84. The third-order valence-corrected chi connectivity index (χ3v) is 4.95. The highest BCUT2D eigenvalue weighted by molar-refractivity contribution is 8.01. The molecule has 19 heavy (non-hydrogen) atoms. The summed E-state index contributed by atoms with van der Waals surface area (Å²) in [5.74, 6) is 0. The quantitative estimate of drug-likeness (QED) is 0.770. The van der Waals surface area contributed by atoms with Crippen LogP contribution in [0.1, 0.15) is 18.6 Å². The number of nitrogens with zero attached hydrogens (tertiary/aromatic N) is 1. The fourth-order valence-electron chi connectivity index (χ4n) is 1.81. The molecular weight excluding hydrogens is 274 g/mol. The van der Waals surface area contributed by atoms with Gasteiger partial charge in [-0.2, -0.15) is 0 Å². The normalized spacial score (nSPS) is 12.7. The number of benzene rings is 2. The molecule has 0 bridgehead atoms. The Labute approximate surface area is 120 Å². The van der Waals surface area contributed by atoms with Crippen LogP contribution >= 0.6 is 23.1 Å². The van der Waals surface area contributed by atoms with Crippen LogP contribution in [0.4, 0.5) is 0 Å². The smallest absolute Gasteiger partial charge is 0.155 e. The van der Waals surface area contributed by atoms with E-state index in [9.17, 15) is 5.11 Å². The molecule has 1 atom stereocenters. The number of aliphatic hydroxyl groups excluding tert-OH is 1. The van der Waals surface area contributed by atoms with Gasteiger partial charge in [-0.3, -0.25) is 0 Å². The van der Waals surface area contributed by atoms with Crippen LogP contribution in [-0.2, 0) is 0 Å². The Morgan fingerprint density at radius 1 is 1.11 bits per heavy atom. The molecule has 96 valence electrons. The predicted octanol–water partition coefficient (Wildman–Crippen LogP) is 4.50. The second-order valence-corrected chi connectivity index (χ2v) is 6.65. The molecule has 2 nitrogen and oxygen atoms in total. The maximum absolute atomic E-state index is 9.48. The summed E-state index contributed by atoms with van der Waals surface area (Å²) in [6.45, 7) is 1.77. The Bertz CT molecular complexity index is 656. The Hall–Kier alpha value is -1.36. The first-order valence-corrected chi connectivity index (χ1v) is 7.67. The van der Waals surface area contributed by atoms with E-state index in [2.05, 4.69) is 11.1 Å². The van der Waals surface area contributed by atoms with E-state index in [4.69, 9.17) is 0 Å². The molecule has 0 aliphatic carbocycles. The van der Waals surface area contributed by atoms with Gasteiger partial charge in [-0.1, -0.05) is 36.0 Å². The first-order chi connectivity index (χ1) is 9.22. The summed E-state index contributed by atoms with van der Waals surface area (Å²) in [5, 5.41) is 9.48. The summed E-state index contributed by atoms with van der Waals surface area (Å²) in [6.07, 6.45) is -0.415. The van der Waals surface area contributed by atoms with Gasteiger partial charge in [0.1, 0.15) is 0 Å². The maximum Gasteiger partial charge on any atom is 0.155 e. The molecule has 3 rings (SSSR count). The van der Waals surface area contributed by atoms with Crippen molar-refractivity contribution in [2.24, 2.45) is 0 Å². The zero-order chi connectivity index (χ0) is 13.2. The highest BCUT2D eigenvalue weighted by Crippen LogP contribution is 2.34. The molecule has 0 saturated carbocycles. The summed E-state index contributed by atoms with van der Waals surface area (Å²) in [6, 6.07) is 16.1. The molecule has 0 amide bonds. The summed E-state index contributed by atoms with van der Waals surface area (Å²) in [4.78, 5) is 5.74. The van der Waals surface area contributed by atoms with Crippen LogP contribution in [0.25, 0.3) is 10.2 Å². The SMILES string of the molecule is C[C@H](O)c1ccc(Sc2nc3ccccc3s2)cc1. The van der Waals surface area contributed by atoms with E-state index in [1.165, 1.54) is 4.70 Å². The largest absolute Gasteiger partial charge is 0.389 e. The molecule has 0 aliphatic rings. The summed E-state index contributed by atoms with van der Waals surface area (Å²) in [7, 11) is 0. The molecule has 0 saturated heterocycles. The highest BCUT2D eigenvalue weighted by atomic mass is 32.2. The standard InChI is InChI=1S/C15H13NOS2/c1-10(17)11-6-8-12(9-7-11)18-15-16-13-4-2-3-5-14(13)19-15/h2-10,17H,1H3/t10-/m0/s1. The Balaban J connectivity index is 1.84. The fourth-order valence-corrected chi connectivity index (χ4v) is 3.85. The Morgan fingerprint density at radius 2 is 1.84 bits per heavy atom. The summed E-state index contributed by atoms with van der Waals surface area (Å²) in [5.41, 5.74) is 1.99. The van der Waals surface area contributed by atoms with E-state index in [0.717, 1.165) is 20.3 Å². The molecule has 0 spiro atoms. The number of para-hydroxylation sites is 1. The van der Waals surface area contributed by atoms with E-state index in [1.807, 2.05) is 42.5 Å². The van der Waals surface area contributed by atoms with Crippen molar-refractivity contribution >= 4 is 33.3 Å². The van der Waals surface area contributed by atoms with E-state index < -0.39 is 6.10 Å². The van der Waals surface area contributed by atoms with Crippen LogP contribution in [0.5, 0.6) is 0 Å². The van der Waals surface area contributed by atoms with Gasteiger partial charge in [0.25, 0.3) is 0 Å². The molecule has 0 fully saturated rings. The lowest BCUT2D eigenvalue weighted by Gasteiger charge is -2.04. The highest BCUT2D eigenvalue weighted by Gasteiger charge is 2.06. The van der Waals surface area contributed by atoms with Gasteiger partial charge in [0.15, 0.2) is 4.34 Å². The van der Waals surface area contributed by atoms with Crippen molar-refractivity contribution in [1.29, 1.82) is 0 Å². The second kappa shape index (κ2) is 5.33. The number of hydrogen-bond acceptors (Lipinski definition) is 4. The third kappa shape index (κ3) is 2.81. The minimum Gasteiger partial charge on any atom is -0.389 e. The molecule has 0 unspecified atom stereocenters. The molecular formula is C15H13NOS2. The van der Waals surface area contributed by atoms with Crippen LogP contribution in [0, 0.1) is 0 Å². The lowest BCUT2D eigenvalue weighted by Crippen LogP contribution is -1.89. The minimum atomic E-state index is -0.415. The summed E-state index contributed by atoms with van der Waals surface area (Å²) >= 11 is 3.36. The number of aliphatic hydroxyl groups is 1. The topological polar surface area (TPSA) is 33.1 Å². The fraction of sp³-hybridized carbons (Fsp3) is 0.133. The van der Waals surface area contributed by atoms with Crippen molar-refractivity contribution in [3.63, 3.8) is 0 Å². The van der Waals surface area contributed by atoms with Crippen LogP contribution < -0.4 is 0 Å². The van der Waals surface area contributed by atoms with Crippen molar-refractivity contribution in [2.45, 2.75) is 22.3 Å². The van der Waals surface area contributed by atoms with Gasteiger partial charge < -0.3 is 5.11 Å². The lowest BCUT2D eigenvalue weighted by molar-refractivity contribution is 0.199. The van der Waals surface area contributed by atoms with Gasteiger partial charge in [0.2, 0.25) is 0 Å². The van der Waals surface area contributed by atoms with E-state index in [1.54, 1.807) is 30.0 Å². The number of fused-ring (bicyclic) bond motifs is 1. The van der Waals surface area contributed by atoms with Crippen molar-refractivity contribution < 1.29 is 5.11 Å². The van der Waals surface area contributed by atoms with E-state index in [0.29, 0.717) is 0 Å². The van der Waals surface area contributed by atoms with E-state index in [-0.39, 0.29) is 0 Å². The molecule has 4 heteroatoms. The Kier molecular flexibility index (Phi) is 3.55. The molecule has 1 aromatic heterocycles. The molecule has 0 radical (unpaired) electrons. The van der Waals surface area contributed by atoms with Gasteiger partial charge >= 0.3 is 0 Å². The lowest BCUT2D eigenvalue weighted by atomic mass is 10.1. The number of hydrogen-bond donors (Lipinski definition) is 1. The van der Waals surface area contributed by atoms with Crippen LogP contribution in [-0.4, -0.2) is 10.1 Å². The molecule has 2 aromatic carbocycles. The number of aromatic nitrogens is 1. The summed E-state index contributed by atoms with van der Waals surface area (Å²) < 4.78 is 2.26. The Morgan fingerprint density at radius 3 is 2.53 bits per heavy atom. The molecule has 0 aliphatic heterocycles. The van der Waals surface area contributed by atoms with Crippen molar-refractivity contribution in [1.82, 2.24) is 4.98 Å². The zero-order valence-electron chi connectivity index (χ0n) is 10.4. The van der Waals surface area contributed by atoms with Gasteiger partial charge in [0, 0.05) is 4.90 Å². The average molecular weight is 287 g/mol. The monoisotopic (exact) mass is 287 g/mol. The average Bonchev–Trinajstić information content (AvgIpc) is 2.81. The van der Waals surface area contributed by atoms with Crippen molar-refractivity contribution in [3.8, 4) is 0 Å². The maximum atomic E-state index is 9.48. The molecule has 3 aromatic rings. The van der Waals surface area contributed by atoms with Crippen LogP contribution in [0.3, 0.4) is 0 Å². The minimum absolute atomic E-state index is 0.415. The molecule has 1 heterocycles. The van der Waals surface area contributed by atoms with Gasteiger partial charge in [-0.05, 0) is 36.8 Å². The van der Waals surface area contributed by atoms with Gasteiger partial charge in [-0.15, -0.1) is 11.3 Å². The number of rotatable bonds is 3. The van der Waals surface area contributed by atoms with Crippen LogP contribution in [0.2, 0.25) is 0 Å². The van der Waals surface area contributed by atoms with Crippen molar-refractivity contribution in [3.05, 3.63) is 54.1 Å².